The van der Waals surface area contributed by atoms with E-state index in [2.05, 4.69) is 41.8 Å². The molecule has 158 valence electrons. The molecule has 5 nitrogen and oxygen atoms in total. The molecule has 3 heterocycles. The van der Waals surface area contributed by atoms with Crippen LogP contribution in [0.5, 0.6) is 0 Å². The van der Waals surface area contributed by atoms with Crippen LogP contribution in [0, 0.1) is 7.43 Å². The Morgan fingerprint density at radius 3 is 1.79 bits per heavy atom. The minimum absolute atomic E-state index is 0. The van der Waals surface area contributed by atoms with Crippen LogP contribution in [0.15, 0.2) is 45.9 Å². The maximum absolute atomic E-state index is 10.7. The van der Waals surface area contributed by atoms with Crippen molar-refractivity contribution in [2.45, 2.75) is 39.2 Å². The quantitative estimate of drug-likeness (QED) is 0.245. The number of hydrogen-bond donors (Lipinski definition) is 1. The van der Waals surface area contributed by atoms with E-state index in [1.807, 2.05) is 12.1 Å². The molecule has 3 rings (SSSR count). The molecule has 1 aliphatic rings. The monoisotopic (exact) mass is 604 g/mol. The largest absolute Gasteiger partial charge is 2.00 e. The summed E-state index contributed by atoms with van der Waals surface area (Å²) in [7, 11) is 0. The number of aliphatic hydroxyl groups is 1. The first-order valence-corrected chi connectivity index (χ1v) is 9.83. The third-order valence-electron chi connectivity index (χ3n) is 3.40. The van der Waals surface area contributed by atoms with E-state index >= 15 is 0 Å². The number of ketones is 1. The van der Waals surface area contributed by atoms with Crippen LogP contribution in [0.25, 0.3) is 0 Å². The first-order chi connectivity index (χ1) is 12.2. The average Bonchev–Trinajstić information content (AvgIpc) is 3.15. The molecule has 0 aliphatic carbocycles. The van der Waals surface area contributed by atoms with Crippen molar-refractivity contribution in [2.75, 3.05) is 13.2 Å². The van der Waals surface area contributed by atoms with Crippen molar-refractivity contribution >= 4 is 60.7 Å². The molecule has 0 radical (unpaired) electrons. The Morgan fingerprint density at radius 2 is 1.52 bits per heavy atom. The summed E-state index contributed by atoms with van der Waals surface area (Å²) < 4.78 is 6.48. The van der Waals surface area contributed by atoms with E-state index in [9.17, 15) is 9.90 Å². The van der Waals surface area contributed by atoms with Crippen LogP contribution in [0.1, 0.15) is 49.5 Å². The topological polar surface area (TPSA) is 72.3 Å². The van der Waals surface area contributed by atoms with Crippen molar-refractivity contribution in [2.24, 2.45) is 0 Å². The number of Topliss-reactive ketones (excluding diaryl/α,β-unsaturated/α-hetero) is 1. The predicted octanol–water partition coefficient (Wildman–Crippen LogP) is 1.99. The Morgan fingerprint density at radius 1 is 1.03 bits per heavy atom. The molecule has 0 atom stereocenters. The molecule has 0 spiro atoms. The normalized spacial score (nSPS) is 11.8. The number of halogens is 3. The van der Waals surface area contributed by atoms with E-state index in [1.165, 1.54) is 19.8 Å². The van der Waals surface area contributed by atoms with Crippen LogP contribution >= 0.6 is 31.9 Å². The van der Waals surface area contributed by atoms with Crippen LogP contribution in [0.2, 0.25) is 0 Å². The van der Waals surface area contributed by atoms with Gasteiger partial charge in [0, 0.05) is 36.7 Å². The summed E-state index contributed by atoms with van der Waals surface area (Å²) in [5.41, 5.74) is 0.664. The molecule has 0 unspecified atom stereocenters. The zero-order chi connectivity index (χ0) is 19.6. The van der Waals surface area contributed by atoms with Crippen molar-refractivity contribution < 1.29 is 31.6 Å². The third kappa shape index (κ3) is 15.5. The number of rotatable bonds is 2. The fourth-order valence-corrected chi connectivity index (χ4v) is 2.30. The zero-order valence-electron chi connectivity index (χ0n) is 17.3. The fraction of sp³-hybridized carbons (Fsp3) is 0.400. The number of pyridine rings is 2. The molecule has 0 amide bonds. The van der Waals surface area contributed by atoms with Gasteiger partial charge in [0.25, 0.3) is 0 Å². The number of carbonyl (C=O) groups is 1. The molecule has 0 saturated carbocycles. The number of nitrogens with zero attached hydrogens (tertiary/aromatic N) is 2. The maximum Gasteiger partial charge on any atom is 2.00 e. The molecular formula is C20H27Br3MgN2O3. The molecule has 2 aromatic rings. The Bertz CT molecular complexity index is 667. The van der Waals surface area contributed by atoms with Crippen molar-refractivity contribution in [3.63, 3.8) is 0 Å². The van der Waals surface area contributed by atoms with Gasteiger partial charge in [-0.3, -0.25) is 4.79 Å². The first-order valence-electron chi connectivity index (χ1n) is 8.25. The summed E-state index contributed by atoms with van der Waals surface area (Å²) >= 11 is 6.39. The smallest absolute Gasteiger partial charge is 1.00 e. The van der Waals surface area contributed by atoms with Gasteiger partial charge in [0.1, 0.15) is 9.21 Å². The second-order valence-electron chi connectivity index (χ2n) is 6.17. The second kappa shape index (κ2) is 17.7. The van der Waals surface area contributed by atoms with Gasteiger partial charge >= 0.3 is 23.1 Å². The molecule has 0 aromatic carbocycles. The van der Waals surface area contributed by atoms with E-state index in [0.29, 0.717) is 5.56 Å². The molecule has 29 heavy (non-hydrogen) atoms. The zero-order valence-corrected chi connectivity index (χ0v) is 23.5. The van der Waals surface area contributed by atoms with E-state index in [-0.39, 0.29) is 53.2 Å². The molecular weight excluding hydrogens is 580 g/mol. The van der Waals surface area contributed by atoms with Crippen LogP contribution in [-0.2, 0) is 10.3 Å². The SMILES string of the molecule is C1CCOC1.CC(=O)c1ccc(Br)nc1.CC(C)(O)c1ccc(Br)nc1.[Br-].[CH3-].[Mg+2]. The standard InChI is InChI=1S/C8H10BrNO.C7H6BrNO.C4H8O.CH3.BrH.Mg/c1-8(2,11)6-3-4-7(9)10-5-6;1-5(10)6-2-3-7(8)9-4-6;1-2-4-5-3-1;;;/h3-5,11H,1-2H3;2-4H,1H3;1-4H2;1H3;1H;/q;;;-1;;+2/p-1. The van der Waals surface area contributed by atoms with Crippen molar-refractivity contribution in [3.05, 3.63) is 64.4 Å². The van der Waals surface area contributed by atoms with Gasteiger partial charge in [-0.15, -0.1) is 0 Å². The van der Waals surface area contributed by atoms with Gasteiger partial charge in [0.05, 0.1) is 5.60 Å². The van der Waals surface area contributed by atoms with Crippen LogP contribution in [0.3, 0.4) is 0 Å². The Kier molecular flexibility index (Phi) is 20.6. The van der Waals surface area contributed by atoms with Crippen molar-refractivity contribution in [1.82, 2.24) is 9.97 Å². The van der Waals surface area contributed by atoms with E-state index in [0.717, 1.165) is 28.0 Å². The predicted molar refractivity (Wildman–Crippen MR) is 121 cm³/mol. The summed E-state index contributed by atoms with van der Waals surface area (Å²) in [5.74, 6) is 0.0417. The van der Waals surface area contributed by atoms with Gasteiger partial charge < -0.3 is 34.3 Å². The Balaban J connectivity index is -0.000000350. The third-order valence-corrected chi connectivity index (χ3v) is 4.33. The van der Waals surface area contributed by atoms with Crippen LogP contribution < -0.4 is 17.0 Å². The molecule has 2 aromatic heterocycles. The maximum atomic E-state index is 10.7. The van der Waals surface area contributed by atoms with Crippen molar-refractivity contribution in [3.8, 4) is 0 Å². The summed E-state index contributed by atoms with van der Waals surface area (Å²) in [6.07, 6.45) is 5.76. The van der Waals surface area contributed by atoms with Gasteiger partial charge in [-0.25, -0.2) is 9.97 Å². The average molecular weight is 607 g/mol. The molecule has 0 bridgehead atoms. The second-order valence-corrected chi connectivity index (χ2v) is 7.80. The summed E-state index contributed by atoms with van der Waals surface area (Å²) in [4.78, 5) is 18.6. The molecule has 9 heteroatoms. The number of ether oxygens (including phenoxy) is 1. The number of aromatic nitrogens is 2. The molecule has 1 fully saturated rings. The fourth-order valence-electron chi connectivity index (χ4n) is 1.83. The Hall–Kier alpha value is 0.0962. The van der Waals surface area contributed by atoms with Gasteiger partial charge in [0.2, 0.25) is 0 Å². The van der Waals surface area contributed by atoms with Crippen molar-refractivity contribution in [1.29, 1.82) is 0 Å². The molecule has 1 aliphatic heterocycles. The van der Waals surface area contributed by atoms with Gasteiger partial charge in [-0.05, 0) is 83.7 Å². The summed E-state index contributed by atoms with van der Waals surface area (Å²) in [6.45, 7) is 6.99. The summed E-state index contributed by atoms with van der Waals surface area (Å²) in [5, 5.41) is 9.52. The van der Waals surface area contributed by atoms with Gasteiger partial charge in [0.15, 0.2) is 5.78 Å². The Labute approximate surface area is 217 Å². The number of hydrogen-bond acceptors (Lipinski definition) is 5. The van der Waals surface area contributed by atoms with E-state index in [4.69, 9.17) is 4.74 Å². The minimum Gasteiger partial charge on any atom is -1.00 e. The number of carbonyl (C=O) groups excluding carboxylic acids is 1. The van der Waals surface area contributed by atoms with Gasteiger partial charge in [-0.2, -0.15) is 0 Å². The van der Waals surface area contributed by atoms with E-state index in [1.54, 1.807) is 38.4 Å². The van der Waals surface area contributed by atoms with E-state index < -0.39 is 5.60 Å². The molecule has 1 saturated heterocycles. The summed E-state index contributed by atoms with van der Waals surface area (Å²) in [6, 6.07) is 7.14. The minimum atomic E-state index is -0.798. The molecule has 1 N–H and O–H groups in total. The van der Waals surface area contributed by atoms with Gasteiger partial charge in [-0.1, -0.05) is 6.07 Å². The van der Waals surface area contributed by atoms with Crippen LogP contribution in [0.4, 0.5) is 0 Å². The van der Waals surface area contributed by atoms with Crippen LogP contribution in [-0.4, -0.2) is 57.1 Å². The first kappa shape index (κ1) is 33.7.